The van der Waals surface area contributed by atoms with Gasteiger partial charge in [-0.25, -0.2) is 0 Å². The number of carbonyl (C=O) groups is 3. The van der Waals surface area contributed by atoms with Crippen LogP contribution in [0.2, 0.25) is 0 Å². The molecule has 4 fully saturated rings. The maximum absolute atomic E-state index is 12.4. The van der Waals surface area contributed by atoms with E-state index in [0.717, 1.165) is 31.1 Å². The molecule has 5 nitrogen and oxygen atoms in total. The van der Waals surface area contributed by atoms with Crippen molar-refractivity contribution >= 4 is 18.2 Å². The van der Waals surface area contributed by atoms with Gasteiger partial charge >= 0.3 is 11.9 Å². The highest BCUT2D eigenvalue weighted by atomic mass is 16.4. The molecule has 0 aromatic heterocycles. The van der Waals surface area contributed by atoms with Crippen LogP contribution in [-0.4, -0.2) is 28.4 Å². The summed E-state index contributed by atoms with van der Waals surface area (Å²) in [5, 5.41) is 20.2. The molecule has 0 unspecified atom stereocenters. The number of hydrogen-bond acceptors (Lipinski definition) is 3. The van der Waals surface area contributed by atoms with Gasteiger partial charge in [-0.2, -0.15) is 0 Å². The highest BCUT2D eigenvalue weighted by molar-refractivity contribution is 5.82. The molecule has 2 bridgehead atoms. The Morgan fingerprint density at radius 2 is 1.96 bits per heavy atom. The predicted octanol–water partition coefficient (Wildman–Crippen LogP) is 3.14. The molecule has 4 aliphatic carbocycles. The summed E-state index contributed by atoms with van der Waals surface area (Å²) in [7, 11) is 0. The number of carboxylic acids is 2. The molecule has 0 saturated heterocycles. The zero-order valence-corrected chi connectivity index (χ0v) is 14.7. The smallest absolute Gasteiger partial charge is 0.309 e. The van der Waals surface area contributed by atoms with Crippen LogP contribution in [0.5, 0.6) is 0 Å². The summed E-state index contributed by atoms with van der Waals surface area (Å²) >= 11 is 0. The Hall–Kier alpha value is -1.65. The summed E-state index contributed by atoms with van der Waals surface area (Å²) in [6, 6.07) is 0. The van der Waals surface area contributed by atoms with Crippen molar-refractivity contribution in [1.29, 1.82) is 0 Å². The number of aldehydes is 1. The largest absolute Gasteiger partial charge is 0.481 e. The third-order valence-electron chi connectivity index (χ3n) is 8.40. The first-order valence-electron chi connectivity index (χ1n) is 9.33. The Morgan fingerprint density at radius 1 is 1.24 bits per heavy atom. The zero-order chi connectivity index (χ0) is 18.2. The third-order valence-corrected chi connectivity index (χ3v) is 8.40. The molecule has 0 aromatic carbocycles. The van der Waals surface area contributed by atoms with Crippen LogP contribution in [-0.2, 0) is 14.4 Å². The van der Waals surface area contributed by atoms with Gasteiger partial charge < -0.3 is 15.0 Å². The number of hydrogen-bond donors (Lipinski definition) is 2. The number of rotatable bonds is 3. The molecule has 4 aliphatic rings. The fourth-order valence-electron chi connectivity index (χ4n) is 7.64. The first-order valence-corrected chi connectivity index (χ1v) is 9.33. The van der Waals surface area contributed by atoms with Gasteiger partial charge in [0.25, 0.3) is 0 Å². The molecule has 4 rings (SSSR count). The van der Waals surface area contributed by atoms with Gasteiger partial charge in [-0.1, -0.05) is 18.6 Å². The van der Waals surface area contributed by atoms with Gasteiger partial charge in [-0.05, 0) is 62.7 Å². The molecule has 2 N–H and O–H groups in total. The van der Waals surface area contributed by atoms with Crippen LogP contribution in [0.25, 0.3) is 0 Å². The van der Waals surface area contributed by atoms with E-state index in [9.17, 15) is 24.6 Å². The van der Waals surface area contributed by atoms with Crippen molar-refractivity contribution in [2.75, 3.05) is 0 Å². The van der Waals surface area contributed by atoms with Crippen molar-refractivity contribution in [3.8, 4) is 0 Å². The number of aliphatic carboxylic acids is 2. The zero-order valence-electron chi connectivity index (χ0n) is 14.7. The fraction of sp³-hybridized carbons (Fsp3) is 0.750. The summed E-state index contributed by atoms with van der Waals surface area (Å²) in [5.74, 6) is -2.99. The van der Waals surface area contributed by atoms with Crippen molar-refractivity contribution in [3.63, 3.8) is 0 Å². The Balaban J connectivity index is 1.97. The van der Waals surface area contributed by atoms with E-state index in [1.165, 1.54) is 0 Å². The minimum atomic E-state index is -1.16. The second kappa shape index (κ2) is 4.95. The standard InChI is InChI=1S/C20H26O5/c1-11-8-20-9-12(11)4-5-13(20)19(10-21)7-3-6-18(2,17(24)25)15(19)14(20)16(22)23/h10,12-15H,1,3-9H2,2H3,(H,22,23)(H,24,25)/t12-,13-,14-,15-,18-,19-,20+/m1/s1. The van der Waals surface area contributed by atoms with Gasteiger partial charge in [0.2, 0.25) is 0 Å². The van der Waals surface area contributed by atoms with Gasteiger partial charge in [0.15, 0.2) is 0 Å². The first-order chi connectivity index (χ1) is 11.7. The quantitative estimate of drug-likeness (QED) is 0.605. The first kappa shape index (κ1) is 16.8. The van der Waals surface area contributed by atoms with Crippen LogP contribution >= 0.6 is 0 Å². The Kier molecular flexibility index (Phi) is 3.33. The molecule has 0 aliphatic heterocycles. The molecule has 0 amide bonds. The minimum absolute atomic E-state index is 0.0296. The molecular formula is C20H26O5. The highest BCUT2D eigenvalue weighted by Gasteiger charge is 2.76. The molecule has 0 heterocycles. The Morgan fingerprint density at radius 3 is 2.56 bits per heavy atom. The SMILES string of the molecule is C=C1C[C@]23C[C@H]1CC[C@@H]2[C@]1(C=O)CCC[C@@](C)(C(=O)O)[C@H]1[C@@H]3C(=O)O. The summed E-state index contributed by atoms with van der Waals surface area (Å²) in [6.07, 6.45) is 5.85. The highest BCUT2D eigenvalue weighted by Crippen LogP contribution is 2.77. The molecule has 5 heteroatoms. The summed E-state index contributed by atoms with van der Waals surface area (Å²) in [6.45, 7) is 5.85. The lowest BCUT2D eigenvalue weighted by molar-refractivity contribution is -0.167. The van der Waals surface area contributed by atoms with E-state index in [1.54, 1.807) is 6.92 Å². The van der Waals surface area contributed by atoms with Gasteiger partial charge in [-0.3, -0.25) is 9.59 Å². The molecule has 1 spiro atoms. The number of carbonyl (C=O) groups excluding carboxylic acids is 1. The number of allylic oxidation sites excluding steroid dienone is 1. The van der Waals surface area contributed by atoms with Crippen molar-refractivity contribution < 1.29 is 24.6 Å². The minimum Gasteiger partial charge on any atom is -0.481 e. The van der Waals surface area contributed by atoms with Gasteiger partial charge in [-0.15, -0.1) is 0 Å². The van der Waals surface area contributed by atoms with E-state index < -0.39 is 40.0 Å². The lowest BCUT2D eigenvalue weighted by Gasteiger charge is -2.49. The fourth-order valence-corrected chi connectivity index (χ4v) is 7.64. The molecular weight excluding hydrogens is 320 g/mol. The van der Waals surface area contributed by atoms with E-state index in [0.29, 0.717) is 31.6 Å². The number of fused-ring (bicyclic) bond motifs is 3. The van der Waals surface area contributed by atoms with Crippen LogP contribution in [0, 0.1) is 39.9 Å². The van der Waals surface area contributed by atoms with Gasteiger partial charge in [0, 0.05) is 11.3 Å². The molecule has 0 aromatic rings. The van der Waals surface area contributed by atoms with Gasteiger partial charge in [0.05, 0.1) is 11.3 Å². The van der Waals surface area contributed by atoms with E-state index in [1.807, 2.05) is 0 Å². The topological polar surface area (TPSA) is 91.7 Å². The summed E-state index contributed by atoms with van der Waals surface area (Å²) in [4.78, 5) is 37.1. The molecule has 7 atom stereocenters. The average molecular weight is 346 g/mol. The van der Waals surface area contributed by atoms with E-state index in [-0.39, 0.29) is 5.92 Å². The molecule has 136 valence electrons. The van der Waals surface area contributed by atoms with Gasteiger partial charge in [0.1, 0.15) is 6.29 Å². The Bertz CT molecular complexity index is 684. The van der Waals surface area contributed by atoms with Crippen LogP contribution in [0.3, 0.4) is 0 Å². The summed E-state index contributed by atoms with van der Waals surface area (Å²) < 4.78 is 0. The average Bonchev–Trinajstić information content (AvgIpc) is 2.96. The van der Waals surface area contributed by atoms with Crippen LogP contribution < -0.4 is 0 Å². The molecule has 0 radical (unpaired) electrons. The molecule has 4 saturated carbocycles. The van der Waals surface area contributed by atoms with Crippen LogP contribution in [0.1, 0.15) is 51.9 Å². The third kappa shape index (κ3) is 1.77. The maximum atomic E-state index is 12.4. The van der Waals surface area contributed by atoms with Crippen molar-refractivity contribution in [3.05, 3.63) is 12.2 Å². The molecule has 25 heavy (non-hydrogen) atoms. The summed E-state index contributed by atoms with van der Waals surface area (Å²) in [5.41, 5.74) is -1.36. The maximum Gasteiger partial charge on any atom is 0.309 e. The normalized spacial score (nSPS) is 50.8. The second-order valence-corrected chi connectivity index (χ2v) is 9.20. The second-order valence-electron chi connectivity index (χ2n) is 9.20. The monoisotopic (exact) mass is 346 g/mol. The van der Waals surface area contributed by atoms with E-state index in [2.05, 4.69) is 6.58 Å². The van der Waals surface area contributed by atoms with Crippen molar-refractivity contribution in [2.24, 2.45) is 39.9 Å². The predicted molar refractivity (Wildman–Crippen MR) is 89.7 cm³/mol. The van der Waals surface area contributed by atoms with Crippen molar-refractivity contribution in [1.82, 2.24) is 0 Å². The van der Waals surface area contributed by atoms with E-state index >= 15 is 0 Å². The lowest BCUT2D eigenvalue weighted by Crippen LogP contribution is -2.52. The Labute approximate surface area is 147 Å². The van der Waals surface area contributed by atoms with Crippen molar-refractivity contribution in [2.45, 2.75) is 51.9 Å². The van der Waals surface area contributed by atoms with E-state index in [4.69, 9.17) is 0 Å². The number of carboxylic acid groups (broad SMARTS) is 2. The van der Waals surface area contributed by atoms with Crippen LogP contribution in [0.15, 0.2) is 12.2 Å². The lowest BCUT2D eigenvalue weighted by atomic mass is 9.53. The van der Waals surface area contributed by atoms with Crippen LogP contribution in [0.4, 0.5) is 0 Å².